The maximum atomic E-state index is 12.3. The molecule has 1 aromatic carbocycles. The number of sulfonamides is 1. The molecular formula is C13H18N2O4S. The highest BCUT2D eigenvalue weighted by molar-refractivity contribution is 7.89. The summed E-state index contributed by atoms with van der Waals surface area (Å²) >= 11 is 0. The number of rotatable bonds is 3. The minimum absolute atomic E-state index is 0.0250. The Labute approximate surface area is 118 Å². The van der Waals surface area contributed by atoms with Crippen molar-refractivity contribution in [1.82, 2.24) is 9.62 Å². The summed E-state index contributed by atoms with van der Waals surface area (Å²) in [4.78, 5) is 14.2. The molecule has 1 aromatic rings. The van der Waals surface area contributed by atoms with Crippen LogP contribution in [-0.4, -0.2) is 52.1 Å². The number of morpholine rings is 1. The van der Waals surface area contributed by atoms with Crippen LogP contribution in [0.4, 0.5) is 0 Å². The number of carbonyl (C=O) groups is 1. The average molecular weight is 298 g/mol. The Balaban J connectivity index is 2.19. The van der Waals surface area contributed by atoms with E-state index >= 15 is 0 Å². The first-order valence-corrected chi connectivity index (χ1v) is 7.86. The van der Waals surface area contributed by atoms with Gasteiger partial charge in [-0.1, -0.05) is 0 Å². The van der Waals surface area contributed by atoms with Gasteiger partial charge in [-0.3, -0.25) is 4.79 Å². The number of nitrogens with one attached hydrogen (secondary N) is 1. The van der Waals surface area contributed by atoms with Gasteiger partial charge in [-0.15, -0.1) is 0 Å². The van der Waals surface area contributed by atoms with Gasteiger partial charge in [0.2, 0.25) is 10.0 Å². The molecule has 0 spiro atoms. The van der Waals surface area contributed by atoms with Crippen LogP contribution in [0.25, 0.3) is 0 Å². The highest BCUT2D eigenvalue weighted by Crippen LogP contribution is 2.15. The predicted octanol–water partition coefficient (Wildman–Crippen LogP) is 0.456. The van der Waals surface area contributed by atoms with Gasteiger partial charge in [-0.2, -0.15) is 0 Å². The van der Waals surface area contributed by atoms with Crippen LogP contribution in [0.15, 0.2) is 29.2 Å². The van der Waals surface area contributed by atoms with Crippen molar-refractivity contribution >= 4 is 15.9 Å². The number of benzene rings is 1. The number of hydrogen-bond donors (Lipinski definition) is 1. The lowest BCUT2D eigenvalue weighted by molar-refractivity contribution is 0.00359. The monoisotopic (exact) mass is 298 g/mol. The van der Waals surface area contributed by atoms with Crippen molar-refractivity contribution in [1.29, 1.82) is 0 Å². The molecule has 1 aliphatic heterocycles. The number of carbonyl (C=O) groups excluding carboxylic acids is 1. The van der Waals surface area contributed by atoms with Crippen molar-refractivity contribution in [2.45, 2.75) is 17.9 Å². The van der Waals surface area contributed by atoms with Crippen LogP contribution in [-0.2, 0) is 14.8 Å². The topological polar surface area (TPSA) is 75.7 Å². The highest BCUT2D eigenvalue weighted by Gasteiger charge is 2.25. The lowest BCUT2D eigenvalue weighted by Gasteiger charge is -2.33. The molecule has 1 heterocycles. The molecule has 0 unspecified atom stereocenters. The second-order valence-electron chi connectivity index (χ2n) is 4.65. The third-order valence-corrected chi connectivity index (χ3v) is 4.74. The Morgan fingerprint density at radius 1 is 1.35 bits per heavy atom. The summed E-state index contributed by atoms with van der Waals surface area (Å²) in [7, 11) is -2.12. The smallest absolute Gasteiger partial charge is 0.254 e. The van der Waals surface area contributed by atoms with E-state index in [1.165, 1.54) is 31.3 Å². The van der Waals surface area contributed by atoms with E-state index in [0.29, 0.717) is 25.3 Å². The summed E-state index contributed by atoms with van der Waals surface area (Å²) in [6, 6.07) is 5.97. The van der Waals surface area contributed by atoms with Crippen molar-refractivity contribution in [3.05, 3.63) is 29.8 Å². The van der Waals surface area contributed by atoms with E-state index < -0.39 is 10.0 Å². The zero-order valence-corrected chi connectivity index (χ0v) is 12.3. The van der Waals surface area contributed by atoms with Gasteiger partial charge in [0.15, 0.2) is 0 Å². The Morgan fingerprint density at radius 3 is 2.55 bits per heavy atom. The van der Waals surface area contributed by atoms with Crippen LogP contribution < -0.4 is 4.72 Å². The van der Waals surface area contributed by atoms with Crippen LogP contribution in [0.5, 0.6) is 0 Å². The molecule has 1 amide bonds. The maximum Gasteiger partial charge on any atom is 0.254 e. The normalized spacial score (nSPS) is 19.9. The summed E-state index contributed by atoms with van der Waals surface area (Å²) in [6.07, 6.45) is 0. The van der Waals surface area contributed by atoms with Gasteiger partial charge < -0.3 is 9.64 Å². The Morgan fingerprint density at radius 2 is 2.00 bits per heavy atom. The lowest BCUT2D eigenvalue weighted by Crippen LogP contribution is -2.47. The first-order valence-electron chi connectivity index (χ1n) is 6.38. The number of hydrogen-bond acceptors (Lipinski definition) is 4. The molecular weight excluding hydrogens is 280 g/mol. The molecule has 1 saturated heterocycles. The van der Waals surface area contributed by atoms with Crippen LogP contribution in [0.3, 0.4) is 0 Å². The van der Waals surface area contributed by atoms with Crippen molar-refractivity contribution < 1.29 is 17.9 Å². The molecule has 1 N–H and O–H groups in total. The summed E-state index contributed by atoms with van der Waals surface area (Å²) in [6.45, 7) is 3.54. The lowest BCUT2D eigenvalue weighted by atomic mass is 10.1. The third-order valence-electron chi connectivity index (χ3n) is 3.31. The molecule has 1 fully saturated rings. The van der Waals surface area contributed by atoms with E-state index in [1.807, 2.05) is 6.92 Å². The van der Waals surface area contributed by atoms with Crippen LogP contribution in [0, 0.1) is 0 Å². The summed E-state index contributed by atoms with van der Waals surface area (Å²) < 4.78 is 30.8. The van der Waals surface area contributed by atoms with Crippen molar-refractivity contribution in [3.8, 4) is 0 Å². The molecule has 0 radical (unpaired) electrons. The zero-order valence-electron chi connectivity index (χ0n) is 11.5. The standard InChI is InChI=1S/C13H18N2O4S/c1-10-9-19-8-7-15(10)13(16)11-3-5-12(6-4-11)20(17,18)14-2/h3-6,10,14H,7-9H2,1-2H3/t10-/m1/s1. The predicted molar refractivity (Wildman–Crippen MR) is 74.0 cm³/mol. The van der Waals surface area contributed by atoms with E-state index in [4.69, 9.17) is 4.74 Å². The molecule has 20 heavy (non-hydrogen) atoms. The molecule has 7 heteroatoms. The number of ether oxygens (including phenoxy) is 1. The Kier molecular flexibility index (Phi) is 4.42. The minimum atomic E-state index is -3.47. The first kappa shape index (κ1) is 15.0. The van der Waals surface area contributed by atoms with E-state index in [1.54, 1.807) is 4.90 Å². The fraction of sp³-hybridized carbons (Fsp3) is 0.462. The number of nitrogens with zero attached hydrogens (tertiary/aromatic N) is 1. The van der Waals surface area contributed by atoms with Gasteiger partial charge >= 0.3 is 0 Å². The fourth-order valence-corrected chi connectivity index (χ4v) is 2.82. The molecule has 2 rings (SSSR count). The van der Waals surface area contributed by atoms with E-state index in [-0.39, 0.29) is 16.8 Å². The molecule has 6 nitrogen and oxygen atoms in total. The largest absolute Gasteiger partial charge is 0.377 e. The van der Waals surface area contributed by atoms with E-state index in [0.717, 1.165) is 0 Å². The molecule has 1 atom stereocenters. The van der Waals surface area contributed by atoms with Gasteiger partial charge in [0.25, 0.3) is 5.91 Å². The SMILES string of the molecule is CNS(=O)(=O)c1ccc(C(=O)N2CCOC[C@H]2C)cc1. The van der Waals surface area contributed by atoms with Crippen molar-refractivity contribution in [3.63, 3.8) is 0 Å². The molecule has 1 aliphatic rings. The van der Waals surface area contributed by atoms with E-state index in [9.17, 15) is 13.2 Å². The average Bonchev–Trinajstić information content (AvgIpc) is 2.47. The molecule has 0 aliphatic carbocycles. The van der Waals surface area contributed by atoms with Crippen LogP contribution in [0.1, 0.15) is 17.3 Å². The minimum Gasteiger partial charge on any atom is -0.377 e. The molecule has 0 bridgehead atoms. The maximum absolute atomic E-state index is 12.3. The third kappa shape index (κ3) is 3.00. The highest BCUT2D eigenvalue weighted by atomic mass is 32.2. The fourth-order valence-electron chi connectivity index (χ4n) is 2.09. The summed E-state index contributed by atoms with van der Waals surface area (Å²) in [5.41, 5.74) is 0.480. The quantitative estimate of drug-likeness (QED) is 0.879. The summed E-state index contributed by atoms with van der Waals surface area (Å²) in [5.74, 6) is -0.103. The zero-order chi connectivity index (χ0) is 14.8. The van der Waals surface area contributed by atoms with E-state index in [2.05, 4.69) is 4.72 Å². The van der Waals surface area contributed by atoms with Crippen molar-refractivity contribution in [2.75, 3.05) is 26.8 Å². The van der Waals surface area contributed by atoms with Gasteiger partial charge in [-0.05, 0) is 38.2 Å². The Hall–Kier alpha value is -1.44. The number of amides is 1. The van der Waals surface area contributed by atoms with Gasteiger partial charge in [0.05, 0.1) is 24.2 Å². The van der Waals surface area contributed by atoms with Crippen LogP contribution >= 0.6 is 0 Å². The first-order chi connectivity index (χ1) is 9.45. The second-order valence-corrected chi connectivity index (χ2v) is 6.54. The summed E-state index contributed by atoms with van der Waals surface area (Å²) in [5, 5.41) is 0. The molecule has 110 valence electrons. The van der Waals surface area contributed by atoms with Crippen molar-refractivity contribution in [2.24, 2.45) is 0 Å². The van der Waals surface area contributed by atoms with Gasteiger partial charge in [0.1, 0.15) is 0 Å². The van der Waals surface area contributed by atoms with Crippen LogP contribution in [0.2, 0.25) is 0 Å². The molecule has 0 aromatic heterocycles. The second kappa shape index (κ2) is 5.90. The Bertz CT molecular complexity index is 583. The van der Waals surface area contributed by atoms with Gasteiger partial charge in [0, 0.05) is 12.1 Å². The van der Waals surface area contributed by atoms with Gasteiger partial charge in [-0.25, -0.2) is 13.1 Å². The molecule has 0 saturated carbocycles.